The minimum absolute atomic E-state index is 0.969. The standard InChI is InChI=1S/C14H28N4P/c1-3-5-12-18(13-6-4-2)19(15,16)17-14-10-8-7-9-11-14/h7-11,17H,3-6,12-13,15-16H2,1-2H3/q+1. The summed E-state index contributed by atoms with van der Waals surface area (Å²) < 4.78 is 2.24. The van der Waals surface area contributed by atoms with E-state index in [4.69, 9.17) is 11.0 Å². The van der Waals surface area contributed by atoms with Crippen LogP contribution in [0.15, 0.2) is 30.3 Å². The van der Waals surface area contributed by atoms with Crippen molar-refractivity contribution in [1.29, 1.82) is 0 Å². The minimum Gasteiger partial charge on any atom is -0.215 e. The van der Waals surface area contributed by atoms with Gasteiger partial charge in [0.15, 0.2) is 0 Å². The van der Waals surface area contributed by atoms with Gasteiger partial charge in [-0.1, -0.05) is 44.9 Å². The van der Waals surface area contributed by atoms with Gasteiger partial charge in [-0.05, 0) is 25.0 Å². The number of anilines is 1. The van der Waals surface area contributed by atoms with Crippen LogP contribution in [0.5, 0.6) is 0 Å². The number of hydrogen-bond acceptors (Lipinski definition) is 4. The maximum atomic E-state index is 6.38. The average molecular weight is 283 g/mol. The van der Waals surface area contributed by atoms with Crippen molar-refractivity contribution < 1.29 is 0 Å². The Morgan fingerprint density at radius 1 is 1.00 bits per heavy atom. The number of hydrogen-bond donors (Lipinski definition) is 3. The number of unbranched alkanes of at least 4 members (excludes halogenated alkanes) is 2. The fourth-order valence-electron chi connectivity index (χ4n) is 1.91. The lowest BCUT2D eigenvalue weighted by molar-refractivity contribution is 0.423. The number of nitrogens with two attached hydrogens (primary N) is 2. The first-order valence-corrected chi connectivity index (χ1v) is 9.03. The van der Waals surface area contributed by atoms with Crippen molar-refractivity contribution in [2.45, 2.75) is 39.5 Å². The molecule has 0 atom stereocenters. The van der Waals surface area contributed by atoms with Crippen LogP contribution in [0, 0.1) is 0 Å². The van der Waals surface area contributed by atoms with E-state index in [0.717, 1.165) is 44.5 Å². The third-order valence-corrected chi connectivity index (χ3v) is 5.04. The van der Waals surface area contributed by atoms with Crippen LogP contribution in [0.3, 0.4) is 0 Å². The highest BCUT2D eigenvalue weighted by molar-refractivity contribution is 7.70. The minimum atomic E-state index is -2.25. The molecule has 0 spiro atoms. The maximum Gasteiger partial charge on any atom is 0.319 e. The first-order chi connectivity index (χ1) is 9.10. The molecule has 19 heavy (non-hydrogen) atoms. The Balaban J connectivity index is 2.67. The van der Waals surface area contributed by atoms with Gasteiger partial charge in [0.2, 0.25) is 0 Å². The van der Waals surface area contributed by atoms with Crippen LogP contribution < -0.4 is 16.1 Å². The van der Waals surface area contributed by atoms with Crippen molar-refractivity contribution in [2.75, 3.05) is 18.2 Å². The molecule has 1 rings (SSSR count). The largest absolute Gasteiger partial charge is 0.319 e. The Labute approximate surface area is 118 Å². The maximum absolute atomic E-state index is 6.38. The third kappa shape index (κ3) is 5.87. The Morgan fingerprint density at radius 3 is 2.00 bits per heavy atom. The Bertz CT molecular complexity index is 335. The second-order valence-corrected chi connectivity index (χ2v) is 7.14. The monoisotopic (exact) mass is 283 g/mol. The van der Waals surface area contributed by atoms with E-state index in [0.29, 0.717) is 0 Å². The summed E-state index contributed by atoms with van der Waals surface area (Å²) in [5, 5.41) is 3.33. The lowest BCUT2D eigenvalue weighted by Gasteiger charge is -2.29. The van der Waals surface area contributed by atoms with Gasteiger partial charge in [-0.2, -0.15) is 11.0 Å². The van der Waals surface area contributed by atoms with E-state index < -0.39 is 7.87 Å². The number of nitrogens with zero attached hydrogens (tertiary/aromatic N) is 1. The van der Waals surface area contributed by atoms with Crippen molar-refractivity contribution in [3.63, 3.8) is 0 Å². The molecule has 0 amide bonds. The lowest BCUT2D eigenvalue weighted by Crippen LogP contribution is -2.39. The zero-order valence-electron chi connectivity index (χ0n) is 12.2. The fraction of sp³-hybridized carbons (Fsp3) is 0.571. The normalized spacial score (nSPS) is 11.8. The average Bonchev–Trinajstić information content (AvgIpc) is 2.39. The smallest absolute Gasteiger partial charge is 0.215 e. The molecule has 0 radical (unpaired) electrons. The van der Waals surface area contributed by atoms with Crippen LogP contribution in [-0.2, 0) is 0 Å². The second kappa shape index (κ2) is 8.49. The molecule has 5 N–H and O–H groups in total. The molecule has 0 aliphatic rings. The molecule has 0 saturated heterocycles. The van der Waals surface area contributed by atoms with Gasteiger partial charge < -0.3 is 0 Å². The molecule has 4 nitrogen and oxygen atoms in total. The zero-order valence-corrected chi connectivity index (χ0v) is 13.1. The van der Waals surface area contributed by atoms with Crippen molar-refractivity contribution in [3.05, 3.63) is 30.3 Å². The summed E-state index contributed by atoms with van der Waals surface area (Å²) in [5.74, 6) is 0. The van der Waals surface area contributed by atoms with E-state index >= 15 is 0 Å². The van der Waals surface area contributed by atoms with Crippen LogP contribution in [-0.4, -0.2) is 17.8 Å². The molecule has 0 aromatic heterocycles. The van der Waals surface area contributed by atoms with E-state index in [-0.39, 0.29) is 0 Å². The van der Waals surface area contributed by atoms with Crippen LogP contribution in [0.4, 0.5) is 5.69 Å². The molecule has 108 valence electrons. The van der Waals surface area contributed by atoms with E-state index in [2.05, 4.69) is 23.6 Å². The highest BCUT2D eigenvalue weighted by Gasteiger charge is 2.36. The fourth-order valence-corrected chi connectivity index (χ4v) is 3.56. The van der Waals surface area contributed by atoms with Crippen LogP contribution >= 0.6 is 7.87 Å². The zero-order chi connectivity index (χ0) is 14.1. The Hall–Kier alpha value is -0.670. The summed E-state index contributed by atoms with van der Waals surface area (Å²) in [7, 11) is -2.25. The van der Waals surface area contributed by atoms with Gasteiger partial charge in [-0.3, -0.25) is 0 Å². The summed E-state index contributed by atoms with van der Waals surface area (Å²) in [6.45, 7) is 6.32. The molecule has 0 saturated carbocycles. The molecule has 0 aliphatic carbocycles. The Morgan fingerprint density at radius 2 is 1.53 bits per heavy atom. The van der Waals surface area contributed by atoms with Gasteiger partial charge in [-0.25, -0.2) is 5.09 Å². The summed E-state index contributed by atoms with van der Waals surface area (Å²) in [4.78, 5) is 0. The Kier molecular flexibility index (Phi) is 7.32. The predicted octanol–water partition coefficient (Wildman–Crippen LogP) is 3.60. The molecule has 0 aliphatic heterocycles. The molecule has 0 heterocycles. The lowest BCUT2D eigenvalue weighted by atomic mass is 10.3. The van der Waals surface area contributed by atoms with Crippen molar-refractivity contribution in [1.82, 2.24) is 4.67 Å². The molecular formula is C14H28N4P+. The van der Waals surface area contributed by atoms with Gasteiger partial charge >= 0.3 is 7.87 Å². The molecule has 1 aromatic carbocycles. The highest BCUT2D eigenvalue weighted by Crippen LogP contribution is 2.45. The topological polar surface area (TPSA) is 67.3 Å². The SMILES string of the molecule is CCCCN(CCCC)[P+](N)(N)Nc1ccccc1. The number of rotatable bonds is 9. The van der Waals surface area contributed by atoms with Crippen molar-refractivity contribution in [2.24, 2.45) is 11.0 Å². The molecule has 5 heteroatoms. The van der Waals surface area contributed by atoms with Gasteiger partial charge in [0.05, 0.1) is 5.69 Å². The molecule has 1 aromatic rings. The highest BCUT2D eigenvalue weighted by atomic mass is 31.2. The summed E-state index contributed by atoms with van der Waals surface area (Å²) in [5.41, 5.74) is 13.8. The first kappa shape index (κ1) is 16.4. The van der Waals surface area contributed by atoms with E-state index in [1.807, 2.05) is 30.3 Å². The van der Waals surface area contributed by atoms with Crippen LogP contribution in [0.2, 0.25) is 0 Å². The van der Waals surface area contributed by atoms with Crippen molar-refractivity contribution >= 4 is 13.6 Å². The van der Waals surface area contributed by atoms with E-state index in [1.54, 1.807) is 0 Å². The van der Waals surface area contributed by atoms with E-state index in [1.165, 1.54) is 0 Å². The van der Waals surface area contributed by atoms with Gasteiger partial charge in [0, 0.05) is 13.1 Å². The molecular weight excluding hydrogens is 255 g/mol. The van der Waals surface area contributed by atoms with Crippen molar-refractivity contribution in [3.8, 4) is 0 Å². The van der Waals surface area contributed by atoms with Gasteiger partial charge in [-0.15, -0.1) is 4.67 Å². The van der Waals surface area contributed by atoms with Crippen LogP contribution in [0.25, 0.3) is 0 Å². The summed E-state index contributed by atoms with van der Waals surface area (Å²) >= 11 is 0. The second-order valence-electron chi connectivity index (χ2n) is 4.88. The number of nitrogens with one attached hydrogen (secondary N) is 1. The van der Waals surface area contributed by atoms with E-state index in [9.17, 15) is 0 Å². The van der Waals surface area contributed by atoms with Gasteiger partial charge in [0.1, 0.15) is 0 Å². The summed E-state index contributed by atoms with van der Waals surface area (Å²) in [6.07, 6.45) is 4.59. The number of benzene rings is 1. The third-order valence-electron chi connectivity index (χ3n) is 3.09. The van der Waals surface area contributed by atoms with Gasteiger partial charge in [0.25, 0.3) is 0 Å². The molecule has 0 fully saturated rings. The first-order valence-electron chi connectivity index (χ1n) is 7.15. The quantitative estimate of drug-likeness (QED) is 0.606. The van der Waals surface area contributed by atoms with Crippen LogP contribution in [0.1, 0.15) is 39.5 Å². The number of para-hydroxylation sites is 1. The molecule has 0 bridgehead atoms. The predicted molar refractivity (Wildman–Crippen MR) is 86.7 cm³/mol. The summed E-state index contributed by atoms with van der Waals surface area (Å²) in [6, 6.07) is 9.98. The molecule has 0 unspecified atom stereocenters.